The molecule has 0 aromatic carbocycles. The maximum absolute atomic E-state index is 11.7. The molecule has 136 valence electrons. The van der Waals surface area contributed by atoms with E-state index in [9.17, 15) is 24.4 Å². The van der Waals surface area contributed by atoms with Gasteiger partial charge in [-0.3, -0.25) is 20.0 Å². The van der Waals surface area contributed by atoms with Crippen molar-refractivity contribution in [3.63, 3.8) is 0 Å². The second kappa shape index (κ2) is 6.29. The summed E-state index contributed by atoms with van der Waals surface area (Å²) in [6.45, 7) is -0.565. The SMILES string of the molecule is O=C1NC(=O)C2NCN(C3OC(COP(=O)(O)O)C(O)C3O)C2N1. The monoisotopic (exact) mass is 368 g/mol. The van der Waals surface area contributed by atoms with E-state index in [4.69, 9.17) is 14.5 Å². The van der Waals surface area contributed by atoms with Gasteiger partial charge in [0.05, 0.1) is 13.3 Å². The number of urea groups is 1. The highest BCUT2D eigenvalue weighted by Gasteiger charge is 2.53. The van der Waals surface area contributed by atoms with Crippen molar-refractivity contribution >= 4 is 19.8 Å². The Morgan fingerprint density at radius 3 is 2.67 bits per heavy atom. The minimum absolute atomic E-state index is 0.0730. The number of fused-ring (bicyclic) bond motifs is 1. The first kappa shape index (κ1) is 17.7. The van der Waals surface area contributed by atoms with Crippen LogP contribution in [0, 0.1) is 0 Å². The molecule has 13 nitrogen and oxygen atoms in total. The van der Waals surface area contributed by atoms with Gasteiger partial charge in [-0.15, -0.1) is 0 Å². The lowest BCUT2D eigenvalue weighted by molar-refractivity contribution is -0.127. The largest absolute Gasteiger partial charge is 0.469 e. The first-order valence-corrected chi connectivity index (χ1v) is 8.52. The Bertz CT molecular complexity index is 585. The van der Waals surface area contributed by atoms with Crippen LogP contribution in [0.25, 0.3) is 0 Å². The molecular formula is C10H17N4O9P. The number of phosphoric acid groups is 1. The molecule has 3 aliphatic heterocycles. The topological polar surface area (TPSA) is 190 Å². The molecule has 0 spiro atoms. The van der Waals surface area contributed by atoms with Crippen molar-refractivity contribution in [3.05, 3.63) is 0 Å². The molecule has 24 heavy (non-hydrogen) atoms. The summed E-state index contributed by atoms with van der Waals surface area (Å²) in [4.78, 5) is 42.0. The molecule has 0 bridgehead atoms. The number of phosphoric ester groups is 1. The lowest BCUT2D eigenvalue weighted by Gasteiger charge is -2.34. The van der Waals surface area contributed by atoms with Gasteiger partial charge < -0.3 is 30.1 Å². The van der Waals surface area contributed by atoms with Gasteiger partial charge in [-0.05, 0) is 0 Å². The highest BCUT2D eigenvalue weighted by atomic mass is 31.2. The molecule has 0 aromatic heterocycles. The Hall–Kier alpha value is -1.15. The molecule has 3 saturated heterocycles. The number of hydrogen-bond donors (Lipinski definition) is 7. The van der Waals surface area contributed by atoms with E-state index in [1.165, 1.54) is 4.90 Å². The number of nitrogens with one attached hydrogen (secondary N) is 3. The van der Waals surface area contributed by atoms with E-state index in [-0.39, 0.29) is 6.67 Å². The minimum Gasteiger partial charge on any atom is -0.387 e. The number of carbonyl (C=O) groups is 2. The molecule has 7 N–H and O–H groups in total. The maximum atomic E-state index is 11.7. The summed E-state index contributed by atoms with van der Waals surface area (Å²) >= 11 is 0. The van der Waals surface area contributed by atoms with Crippen LogP contribution < -0.4 is 16.0 Å². The lowest BCUT2D eigenvalue weighted by atomic mass is 10.1. The Morgan fingerprint density at radius 1 is 1.29 bits per heavy atom. The Morgan fingerprint density at radius 2 is 2.00 bits per heavy atom. The zero-order valence-electron chi connectivity index (χ0n) is 12.1. The molecule has 3 aliphatic rings. The first-order valence-electron chi connectivity index (χ1n) is 6.99. The van der Waals surface area contributed by atoms with E-state index < -0.39 is 63.1 Å². The number of amides is 3. The van der Waals surface area contributed by atoms with Gasteiger partial charge in [0.1, 0.15) is 36.7 Å². The summed E-state index contributed by atoms with van der Waals surface area (Å²) in [6.07, 6.45) is -6.00. The van der Waals surface area contributed by atoms with Gasteiger partial charge in [0.25, 0.3) is 0 Å². The third-order valence-electron chi connectivity index (χ3n) is 4.04. The fourth-order valence-electron chi connectivity index (χ4n) is 2.93. The molecule has 0 radical (unpaired) electrons. The van der Waals surface area contributed by atoms with Crippen LogP contribution >= 0.6 is 7.82 Å². The van der Waals surface area contributed by atoms with Crippen LogP contribution in [0.2, 0.25) is 0 Å². The fraction of sp³-hybridized carbons (Fsp3) is 0.800. The molecular weight excluding hydrogens is 351 g/mol. The Kier molecular flexibility index (Phi) is 4.63. The fourth-order valence-corrected chi connectivity index (χ4v) is 3.27. The average molecular weight is 368 g/mol. The van der Waals surface area contributed by atoms with E-state index in [0.717, 1.165) is 0 Å². The molecule has 0 saturated carbocycles. The third-order valence-corrected chi connectivity index (χ3v) is 4.52. The number of imide groups is 1. The summed E-state index contributed by atoms with van der Waals surface area (Å²) in [6, 6.07) is -1.47. The van der Waals surface area contributed by atoms with Gasteiger partial charge in [-0.25, -0.2) is 14.3 Å². The number of carbonyl (C=O) groups excluding carboxylic acids is 2. The van der Waals surface area contributed by atoms with Gasteiger partial charge in [-0.1, -0.05) is 0 Å². The predicted molar refractivity (Wildman–Crippen MR) is 72.8 cm³/mol. The summed E-state index contributed by atoms with van der Waals surface area (Å²) in [5.41, 5.74) is 0. The number of ether oxygens (including phenoxy) is 1. The molecule has 3 amide bonds. The van der Waals surface area contributed by atoms with Crippen molar-refractivity contribution in [3.8, 4) is 0 Å². The van der Waals surface area contributed by atoms with Crippen molar-refractivity contribution in [2.75, 3.05) is 13.3 Å². The van der Waals surface area contributed by atoms with Crippen LogP contribution in [-0.2, 0) is 18.6 Å². The molecule has 3 rings (SSSR count). The van der Waals surface area contributed by atoms with Crippen LogP contribution in [0.4, 0.5) is 4.79 Å². The van der Waals surface area contributed by atoms with Gasteiger partial charge in [0.2, 0.25) is 5.91 Å². The summed E-state index contributed by atoms with van der Waals surface area (Å²) in [7, 11) is -4.76. The van der Waals surface area contributed by atoms with Crippen LogP contribution in [0.3, 0.4) is 0 Å². The molecule has 3 fully saturated rings. The lowest BCUT2D eigenvalue weighted by Crippen LogP contribution is -2.66. The van der Waals surface area contributed by atoms with E-state index in [1.807, 2.05) is 0 Å². The standard InChI is InChI=1S/C10H17N4O9P/c15-5-3(1-22-24(19,20)21)23-9(6(5)16)14-2-11-4-7(14)12-10(18)13-8(4)17/h3-7,9,11,15-16H,1-2H2,(H2,19,20,21)(H2,12,13,17,18). The van der Waals surface area contributed by atoms with E-state index in [0.29, 0.717) is 0 Å². The summed E-state index contributed by atoms with van der Waals surface area (Å²) < 4.78 is 20.4. The molecule has 3 heterocycles. The van der Waals surface area contributed by atoms with Crippen molar-refractivity contribution in [2.24, 2.45) is 0 Å². The second-order valence-corrected chi connectivity index (χ2v) is 6.83. The van der Waals surface area contributed by atoms with Crippen molar-refractivity contribution in [1.82, 2.24) is 20.9 Å². The number of hydrogen-bond acceptors (Lipinski definition) is 9. The molecule has 0 aromatic rings. The Labute approximate surface area is 135 Å². The third kappa shape index (κ3) is 3.31. The molecule has 14 heteroatoms. The first-order chi connectivity index (χ1) is 11.2. The normalized spacial score (nSPS) is 40.3. The van der Waals surface area contributed by atoms with Crippen LogP contribution in [-0.4, -0.2) is 86.9 Å². The van der Waals surface area contributed by atoms with Gasteiger partial charge in [0, 0.05) is 0 Å². The van der Waals surface area contributed by atoms with Crippen molar-refractivity contribution < 1.29 is 43.4 Å². The van der Waals surface area contributed by atoms with Crippen LogP contribution in [0.5, 0.6) is 0 Å². The summed E-state index contributed by atoms with van der Waals surface area (Å²) in [5.74, 6) is -0.541. The van der Waals surface area contributed by atoms with Crippen molar-refractivity contribution in [2.45, 2.75) is 36.7 Å². The maximum Gasteiger partial charge on any atom is 0.469 e. The highest BCUT2D eigenvalue weighted by molar-refractivity contribution is 7.46. The van der Waals surface area contributed by atoms with E-state index in [2.05, 4.69) is 20.5 Å². The average Bonchev–Trinajstić information content (AvgIpc) is 3.00. The van der Waals surface area contributed by atoms with Crippen LogP contribution in [0.1, 0.15) is 0 Å². The minimum atomic E-state index is -4.76. The number of nitrogens with zero attached hydrogens (tertiary/aromatic N) is 1. The Balaban J connectivity index is 1.69. The van der Waals surface area contributed by atoms with Gasteiger partial charge in [0.15, 0.2) is 0 Å². The van der Waals surface area contributed by atoms with Crippen molar-refractivity contribution in [1.29, 1.82) is 0 Å². The highest BCUT2D eigenvalue weighted by Crippen LogP contribution is 2.37. The zero-order chi connectivity index (χ0) is 17.6. The van der Waals surface area contributed by atoms with Gasteiger partial charge >= 0.3 is 13.9 Å². The number of aliphatic hydroxyl groups is 2. The van der Waals surface area contributed by atoms with E-state index >= 15 is 0 Å². The van der Waals surface area contributed by atoms with Crippen LogP contribution in [0.15, 0.2) is 0 Å². The predicted octanol–water partition coefficient (Wildman–Crippen LogP) is -4.06. The quantitative estimate of drug-likeness (QED) is 0.239. The zero-order valence-corrected chi connectivity index (χ0v) is 13.0. The number of rotatable bonds is 4. The molecule has 6 atom stereocenters. The summed E-state index contributed by atoms with van der Waals surface area (Å²) in [5, 5.41) is 27.5. The molecule has 0 aliphatic carbocycles. The van der Waals surface area contributed by atoms with E-state index in [1.54, 1.807) is 0 Å². The number of aliphatic hydroxyl groups excluding tert-OH is 2. The van der Waals surface area contributed by atoms with Gasteiger partial charge in [-0.2, -0.15) is 0 Å². The molecule has 6 unspecified atom stereocenters. The smallest absolute Gasteiger partial charge is 0.387 e. The second-order valence-electron chi connectivity index (χ2n) is 5.59.